The first kappa shape index (κ1) is 23.7. The van der Waals surface area contributed by atoms with Gasteiger partial charge >= 0.3 is 0 Å². The molecular weight excluding hydrogens is 424 g/mol. The predicted octanol–water partition coefficient (Wildman–Crippen LogP) is 3.15. The molecule has 7 heteroatoms. The number of unbranched alkanes of at least 4 members (excludes halogenated alkanes) is 1. The molecule has 1 atom stereocenters. The van der Waals surface area contributed by atoms with Crippen LogP contribution in [0.2, 0.25) is 0 Å². The van der Waals surface area contributed by atoms with Crippen LogP contribution < -0.4 is 5.73 Å². The summed E-state index contributed by atoms with van der Waals surface area (Å²) in [6, 6.07) is 19.8. The molecule has 0 saturated carbocycles. The Morgan fingerprint density at radius 3 is 2.56 bits per heavy atom. The van der Waals surface area contributed by atoms with Gasteiger partial charge in [0, 0.05) is 32.4 Å². The third-order valence-electron chi connectivity index (χ3n) is 6.43. The molecule has 3 aromatic rings. The Bertz CT molecular complexity index is 1100. The van der Waals surface area contributed by atoms with Crippen molar-refractivity contribution in [3.63, 3.8) is 0 Å². The van der Waals surface area contributed by atoms with Gasteiger partial charge in [0.15, 0.2) is 0 Å². The molecule has 1 saturated heterocycles. The maximum absolute atomic E-state index is 13.4. The molecule has 0 spiro atoms. The Morgan fingerprint density at radius 1 is 1.06 bits per heavy atom. The van der Waals surface area contributed by atoms with Crippen molar-refractivity contribution in [2.75, 3.05) is 19.6 Å². The topological polar surface area (TPSA) is 91.2 Å². The van der Waals surface area contributed by atoms with Gasteiger partial charge in [-0.05, 0) is 55.6 Å². The van der Waals surface area contributed by atoms with Crippen LogP contribution >= 0.6 is 0 Å². The van der Waals surface area contributed by atoms with Crippen molar-refractivity contribution in [2.45, 2.75) is 44.9 Å². The highest BCUT2D eigenvalue weighted by atomic mass is 16.2. The Morgan fingerprint density at radius 2 is 1.82 bits per heavy atom. The van der Waals surface area contributed by atoms with Gasteiger partial charge in [0.05, 0.1) is 29.7 Å². The van der Waals surface area contributed by atoms with Gasteiger partial charge in [-0.3, -0.25) is 9.69 Å². The average Bonchev–Trinajstić information content (AvgIpc) is 3.45. The number of nitriles is 1. The number of aromatic nitrogens is 2. The van der Waals surface area contributed by atoms with Crippen molar-refractivity contribution < 1.29 is 4.79 Å². The standard InChI is InChI=1S/C27H32N6O/c28-13-4-5-14-31(26-12-15-32(27(26)34)18-23-6-2-1-3-7-23)20-25-17-30-21-33(25)19-24-10-8-22(16-29)9-11-24/h1-3,6-11,17,21,26H,4-5,12-15,18-20,28H2. The highest BCUT2D eigenvalue weighted by Gasteiger charge is 2.36. The highest BCUT2D eigenvalue weighted by Crippen LogP contribution is 2.22. The van der Waals surface area contributed by atoms with Gasteiger partial charge in [-0.1, -0.05) is 42.5 Å². The Hall–Kier alpha value is -3.47. The molecule has 0 radical (unpaired) electrons. The molecule has 2 aromatic carbocycles. The number of hydrogen-bond acceptors (Lipinski definition) is 5. The van der Waals surface area contributed by atoms with E-state index in [0.717, 1.165) is 49.2 Å². The smallest absolute Gasteiger partial charge is 0.240 e. The van der Waals surface area contributed by atoms with Crippen LogP contribution in [0.5, 0.6) is 0 Å². The number of likely N-dealkylation sites (tertiary alicyclic amines) is 1. The van der Waals surface area contributed by atoms with E-state index in [0.29, 0.717) is 31.7 Å². The molecule has 7 nitrogen and oxygen atoms in total. The zero-order chi connectivity index (χ0) is 23.8. The lowest BCUT2D eigenvalue weighted by molar-refractivity contribution is -0.132. The van der Waals surface area contributed by atoms with Crippen LogP contribution in [0.1, 0.15) is 41.6 Å². The molecule has 0 bridgehead atoms. The number of amides is 1. The quantitative estimate of drug-likeness (QED) is 0.448. The molecule has 0 aliphatic carbocycles. The molecule has 1 unspecified atom stereocenters. The van der Waals surface area contributed by atoms with Crippen LogP contribution in [0, 0.1) is 11.3 Å². The second kappa shape index (κ2) is 11.6. The second-order valence-electron chi connectivity index (χ2n) is 8.84. The van der Waals surface area contributed by atoms with E-state index in [-0.39, 0.29) is 11.9 Å². The molecule has 2 heterocycles. The summed E-state index contributed by atoms with van der Waals surface area (Å²) in [5.74, 6) is 0.203. The monoisotopic (exact) mass is 456 g/mol. The van der Waals surface area contributed by atoms with E-state index in [4.69, 9.17) is 11.0 Å². The number of nitrogens with two attached hydrogens (primary N) is 1. The van der Waals surface area contributed by atoms with Gasteiger partial charge in [-0.15, -0.1) is 0 Å². The van der Waals surface area contributed by atoms with Crippen LogP contribution in [0.15, 0.2) is 67.1 Å². The van der Waals surface area contributed by atoms with Crippen LogP contribution in [-0.4, -0.2) is 50.9 Å². The Kier molecular flexibility index (Phi) is 8.08. The van der Waals surface area contributed by atoms with E-state index in [1.165, 1.54) is 0 Å². The third-order valence-corrected chi connectivity index (χ3v) is 6.43. The zero-order valence-electron chi connectivity index (χ0n) is 19.5. The summed E-state index contributed by atoms with van der Waals surface area (Å²) >= 11 is 0. The molecule has 1 aliphatic heterocycles. The zero-order valence-corrected chi connectivity index (χ0v) is 19.5. The number of carbonyl (C=O) groups excluding carboxylic acids is 1. The molecule has 2 N–H and O–H groups in total. The second-order valence-corrected chi connectivity index (χ2v) is 8.84. The van der Waals surface area contributed by atoms with Crippen molar-refractivity contribution in [3.8, 4) is 6.07 Å². The van der Waals surface area contributed by atoms with Gasteiger partial charge in [-0.25, -0.2) is 4.98 Å². The van der Waals surface area contributed by atoms with E-state index in [9.17, 15) is 4.79 Å². The summed E-state index contributed by atoms with van der Waals surface area (Å²) in [4.78, 5) is 22.0. The maximum atomic E-state index is 13.4. The minimum absolute atomic E-state index is 0.125. The number of hydrogen-bond donors (Lipinski definition) is 1. The highest BCUT2D eigenvalue weighted by molar-refractivity contribution is 5.84. The lowest BCUT2D eigenvalue weighted by atomic mass is 10.1. The van der Waals surface area contributed by atoms with Crippen molar-refractivity contribution in [3.05, 3.63) is 89.5 Å². The van der Waals surface area contributed by atoms with Crippen molar-refractivity contribution in [2.24, 2.45) is 5.73 Å². The van der Waals surface area contributed by atoms with E-state index in [2.05, 4.69) is 32.7 Å². The maximum Gasteiger partial charge on any atom is 0.240 e. The molecule has 1 aromatic heterocycles. The minimum atomic E-state index is -0.125. The van der Waals surface area contributed by atoms with E-state index >= 15 is 0 Å². The molecule has 1 amide bonds. The van der Waals surface area contributed by atoms with Crippen molar-refractivity contribution in [1.29, 1.82) is 5.26 Å². The van der Waals surface area contributed by atoms with Crippen LogP contribution in [0.4, 0.5) is 0 Å². The molecular formula is C27H32N6O. The van der Waals surface area contributed by atoms with E-state index in [1.807, 2.05) is 59.9 Å². The number of benzene rings is 2. The van der Waals surface area contributed by atoms with Gasteiger partial charge in [0.1, 0.15) is 0 Å². The Balaban J connectivity index is 1.46. The first-order valence-electron chi connectivity index (χ1n) is 11.9. The van der Waals surface area contributed by atoms with Crippen LogP contribution in [0.3, 0.4) is 0 Å². The van der Waals surface area contributed by atoms with Crippen LogP contribution in [0.25, 0.3) is 0 Å². The fourth-order valence-corrected chi connectivity index (χ4v) is 4.54. The summed E-state index contributed by atoms with van der Waals surface area (Å²) in [7, 11) is 0. The summed E-state index contributed by atoms with van der Waals surface area (Å²) < 4.78 is 2.12. The fourth-order valence-electron chi connectivity index (χ4n) is 4.54. The first-order chi connectivity index (χ1) is 16.7. The lowest BCUT2D eigenvalue weighted by Crippen LogP contribution is -2.42. The SMILES string of the molecule is N#Cc1ccc(Cn2cncc2CN(CCCCN)C2CCN(Cc3ccccc3)C2=O)cc1. The van der Waals surface area contributed by atoms with Gasteiger partial charge in [0.2, 0.25) is 5.91 Å². The predicted molar refractivity (Wildman–Crippen MR) is 131 cm³/mol. The Labute approximate surface area is 201 Å². The minimum Gasteiger partial charge on any atom is -0.337 e. The molecule has 4 rings (SSSR count). The number of carbonyl (C=O) groups is 1. The number of nitrogens with zero attached hydrogens (tertiary/aromatic N) is 5. The largest absolute Gasteiger partial charge is 0.337 e. The summed E-state index contributed by atoms with van der Waals surface area (Å²) in [6.07, 6.45) is 6.46. The van der Waals surface area contributed by atoms with E-state index < -0.39 is 0 Å². The summed E-state index contributed by atoms with van der Waals surface area (Å²) in [5.41, 5.74) is 9.74. The van der Waals surface area contributed by atoms with Crippen LogP contribution in [-0.2, 0) is 24.4 Å². The molecule has 34 heavy (non-hydrogen) atoms. The van der Waals surface area contributed by atoms with Gasteiger partial charge in [-0.2, -0.15) is 5.26 Å². The molecule has 1 aliphatic rings. The fraction of sp³-hybridized carbons (Fsp3) is 0.370. The average molecular weight is 457 g/mol. The summed E-state index contributed by atoms with van der Waals surface area (Å²) in [5, 5.41) is 9.03. The van der Waals surface area contributed by atoms with Crippen molar-refractivity contribution >= 4 is 5.91 Å². The first-order valence-corrected chi connectivity index (χ1v) is 11.9. The lowest BCUT2D eigenvalue weighted by Gasteiger charge is -2.28. The van der Waals surface area contributed by atoms with Gasteiger partial charge in [0.25, 0.3) is 0 Å². The third kappa shape index (κ3) is 5.90. The number of imidazole rings is 1. The number of rotatable bonds is 11. The van der Waals surface area contributed by atoms with Gasteiger partial charge < -0.3 is 15.2 Å². The summed E-state index contributed by atoms with van der Waals surface area (Å²) in [6.45, 7) is 4.25. The molecule has 1 fully saturated rings. The normalized spacial score (nSPS) is 15.7. The molecule has 176 valence electrons. The van der Waals surface area contributed by atoms with E-state index in [1.54, 1.807) is 0 Å². The van der Waals surface area contributed by atoms with Crippen molar-refractivity contribution in [1.82, 2.24) is 19.4 Å².